The average Bonchev–Trinajstić information content (AvgIpc) is 3.78. The van der Waals surface area contributed by atoms with Crippen LogP contribution in [0.3, 0.4) is 0 Å². The first-order valence-corrected chi connectivity index (χ1v) is 14.9. The number of nitrogens with zero attached hydrogens (tertiary/aromatic N) is 2. The molecule has 1 saturated heterocycles. The second kappa shape index (κ2) is 12.4. The lowest BCUT2D eigenvalue weighted by Gasteiger charge is -2.27. The van der Waals surface area contributed by atoms with Gasteiger partial charge in [0.1, 0.15) is 0 Å². The van der Waals surface area contributed by atoms with Crippen LogP contribution in [0.1, 0.15) is 60.9 Å². The third-order valence-corrected chi connectivity index (χ3v) is 8.96. The van der Waals surface area contributed by atoms with Crippen molar-refractivity contribution in [2.24, 2.45) is 11.7 Å². The summed E-state index contributed by atoms with van der Waals surface area (Å²) < 4.78 is 0. The molecule has 4 heteroatoms. The van der Waals surface area contributed by atoms with E-state index in [2.05, 4.69) is 84.8 Å². The van der Waals surface area contributed by atoms with E-state index in [4.69, 9.17) is 5.73 Å². The molecule has 2 fully saturated rings. The molecule has 3 aromatic carbocycles. The zero-order valence-electron chi connectivity index (χ0n) is 24.3. The number of carbonyl (C=O) groups is 1. The second-order valence-corrected chi connectivity index (χ2v) is 11.2. The van der Waals surface area contributed by atoms with Crippen LogP contribution in [0, 0.1) is 5.92 Å². The fourth-order valence-electron chi connectivity index (χ4n) is 6.47. The molecule has 1 heterocycles. The highest BCUT2D eigenvalue weighted by atomic mass is 16.2. The Hall–Kier alpha value is -3.47. The summed E-state index contributed by atoms with van der Waals surface area (Å²) in [6, 6.07) is 27.7. The predicted molar refractivity (Wildman–Crippen MR) is 168 cm³/mol. The number of amides is 1. The highest BCUT2D eigenvalue weighted by Crippen LogP contribution is 2.54. The number of carbonyl (C=O) groups excluding carboxylic acids is 1. The van der Waals surface area contributed by atoms with Crippen LogP contribution in [0.25, 0.3) is 17.7 Å². The van der Waals surface area contributed by atoms with Gasteiger partial charge in [-0.05, 0) is 86.0 Å². The van der Waals surface area contributed by atoms with E-state index in [9.17, 15) is 4.79 Å². The van der Waals surface area contributed by atoms with Crippen molar-refractivity contribution in [1.29, 1.82) is 0 Å². The van der Waals surface area contributed by atoms with E-state index in [-0.39, 0.29) is 11.3 Å². The number of fused-ring (bicyclic) bond motifs is 2. The van der Waals surface area contributed by atoms with E-state index >= 15 is 0 Å². The predicted octanol–water partition coefficient (Wildman–Crippen LogP) is 6.47. The quantitative estimate of drug-likeness (QED) is 0.320. The number of hydrogen-bond donors (Lipinski definition) is 1. The van der Waals surface area contributed by atoms with Crippen molar-refractivity contribution in [3.8, 4) is 0 Å². The Morgan fingerprint density at radius 3 is 1.88 bits per heavy atom. The van der Waals surface area contributed by atoms with Crippen LogP contribution in [-0.2, 0) is 10.2 Å². The molecule has 0 spiro atoms. The average molecular weight is 534 g/mol. The van der Waals surface area contributed by atoms with Crippen molar-refractivity contribution in [2.45, 2.75) is 38.5 Å². The molecule has 2 atom stereocenters. The van der Waals surface area contributed by atoms with Gasteiger partial charge < -0.3 is 15.5 Å². The molecule has 1 amide bonds. The third-order valence-electron chi connectivity index (χ3n) is 8.96. The molecule has 3 aliphatic rings. The van der Waals surface area contributed by atoms with Gasteiger partial charge in [0.05, 0.1) is 5.41 Å². The van der Waals surface area contributed by atoms with Crippen molar-refractivity contribution < 1.29 is 4.79 Å². The lowest BCUT2D eigenvalue weighted by atomic mass is 9.86. The Bertz CT molecular complexity index is 1330. The Morgan fingerprint density at radius 2 is 1.38 bits per heavy atom. The van der Waals surface area contributed by atoms with Gasteiger partial charge in [-0.25, -0.2) is 0 Å². The molecule has 2 N–H and O–H groups in total. The maximum atomic E-state index is 12.7. The molecule has 0 radical (unpaired) electrons. The van der Waals surface area contributed by atoms with E-state index in [1.165, 1.54) is 40.7 Å². The van der Waals surface area contributed by atoms with E-state index in [0.717, 1.165) is 38.2 Å². The molecule has 208 valence electrons. The summed E-state index contributed by atoms with van der Waals surface area (Å²) >= 11 is 0. The van der Waals surface area contributed by atoms with Crippen molar-refractivity contribution in [3.63, 3.8) is 0 Å². The summed E-state index contributed by atoms with van der Waals surface area (Å²) in [6.07, 6.45) is 7.76. The van der Waals surface area contributed by atoms with E-state index < -0.39 is 0 Å². The minimum Gasteiger partial charge on any atom is -0.342 e. The van der Waals surface area contributed by atoms with Crippen LogP contribution in [0.5, 0.6) is 0 Å². The van der Waals surface area contributed by atoms with Crippen molar-refractivity contribution in [1.82, 2.24) is 9.80 Å². The van der Waals surface area contributed by atoms with Crippen LogP contribution < -0.4 is 5.73 Å². The SMILES string of the molecule is CCN(CC)C(=O)[C@]1(c2ccccc2)C[C@@H]1CN.CN1CCC(=C2c3ccccc3C=Cc3ccccc32)CC1. The lowest BCUT2D eigenvalue weighted by Crippen LogP contribution is -2.40. The fourth-order valence-corrected chi connectivity index (χ4v) is 6.47. The molecule has 2 aliphatic carbocycles. The molecular weight excluding hydrogens is 490 g/mol. The summed E-state index contributed by atoms with van der Waals surface area (Å²) in [5.41, 5.74) is 15.1. The lowest BCUT2D eigenvalue weighted by molar-refractivity contribution is -0.134. The Kier molecular flexibility index (Phi) is 8.68. The molecule has 1 aliphatic heterocycles. The standard InChI is InChI=1S/C21H21N.C15H22N2O/c1-22-14-12-18(13-15-22)21-19-8-4-2-6-16(19)10-11-17-7-3-5-9-20(17)21;1-3-17(4-2)14(18)15(10-13(15)11-16)12-8-6-5-7-9-12/h2-11H,12-15H2,1H3;5-9,13H,3-4,10-11,16H2,1-2H3/t;13-,15+/m.1/s1. The number of benzene rings is 3. The molecule has 0 aromatic heterocycles. The highest BCUT2D eigenvalue weighted by molar-refractivity contribution is 5.95. The van der Waals surface area contributed by atoms with Crippen molar-refractivity contribution in [3.05, 3.63) is 112 Å². The Morgan fingerprint density at radius 1 is 0.850 bits per heavy atom. The van der Waals surface area contributed by atoms with E-state index in [0.29, 0.717) is 12.5 Å². The normalized spacial score (nSPS) is 21.4. The molecule has 6 rings (SSSR count). The fraction of sp³-hybridized carbons (Fsp3) is 0.361. The van der Waals surface area contributed by atoms with Crippen LogP contribution in [0.4, 0.5) is 0 Å². The van der Waals surface area contributed by atoms with Crippen molar-refractivity contribution in [2.75, 3.05) is 39.8 Å². The Balaban J connectivity index is 0.000000165. The largest absolute Gasteiger partial charge is 0.342 e. The summed E-state index contributed by atoms with van der Waals surface area (Å²) in [4.78, 5) is 17.1. The third kappa shape index (κ3) is 5.43. The molecule has 1 saturated carbocycles. The van der Waals surface area contributed by atoms with Crippen LogP contribution >= 0.6 is 0 Å². The maximum absolute atomic E-state index is 12.7. The molecule has 0 bridgehead atoms. The molecule has 3 aromatic rings. The minimum absolute atomic E-state index is 0.245. The molecule has 0 unspecified atom stereocenters. The number of piperidine rings is 1. The first kappa shape index (κ1) is 28.1. The smallest absolute Gasteiger partial charge is 0.233 e. The monoisotopic (exact) mass is 533 g/mol. The van der Waals surface area contributed by atoms with Crippen LogP contribution in [0.15, 0.2) is 84.4 Å². The van der Waals surface area contributed by atoms with E-state index in [1.54, 1.807) is 5.57 Å². The molecule has 40 heavy (non-hydrogen) atoms. The number of likely N-dealkylation sites (N-methyl/N-ethyl adjacent to an activating group) is 1. The first-order chi connectivity index (χ1) is 19.5. The molecule has 4 nitrogen and oxygen atoms in total. The van der Waals surface area contributed by atoms with Gasteiger partial charge in [-0.3, -0.25) is 4.79 Å². The molecular formula is C36H43N3O. The van der Waals surface area contributed by atoms with Crippen molar-refractivity contribution >= 4 is 23.6 Å². The number of likely N-dealkylation sites (tertiary alicyclic amines) is 1. The highest BCUT2D eigenvalue weighted by Gasteiger charge is 2.61. The van der Waals surface area contributed by atoms with Gasteiger partial charge in [0.25, 0.3) is 0 Å². The summed E-state index contributed by atoms with van der Waals surface area (Å²) in [7, 11) is 2.22. The van der Waals surface area contributed by atoms with Gasteiger partial charge in [0.2, 0.25) is 5.91 Å². The van der Waals surface area contributed by atoms with Gasteiger partial charge in [-0.1, -0.05) is 96.6 Å². The van der Waals surface area contributed by atoms with E-state index in [1.807, 2.05) is 36.9 Å². The Labute approximate surface area is 240 Å². The van der Waals surface area contributed by atoms with Gasteiger partial charge in [0, 0.05) is 26.2 Å². The summed E-state index contributed by atoms with van der Waals surface area (Å²) in [5, 5.41) is 0. The maximum Gasteiger partial charge on any atom is 0.233 e. The second-order valence-electron chi connectivity index (χ2n) is 11.2. The first-order valence-electron chi connectivity index (χ1n) is 14.9. The van der Waals surface area contributed by atoms with Gasteiger partial charge in [0.15, 0.2) is 0 Å². The zero-order chi connectivity index (χ0) is 28.1. The summed E-state index contributed by atoms with van der Waals surface area (Å²) in [6.45, 7) is 8.50. The minimum atomic E-state index is -0.345. The van der Waals surface area contributed by atoms with Gasteiger partial charge in [-0.15, -0.1) is 0 Å². The number of rotatable bonds is 5. The zero-order valence-corrected chi connectivity index (χ0v) is 24.3. The van der Waals surface area contributed by atoms with Crippen LogP contribution in [-0.4, -0.2) is 55.5 Å². The van der Waals surface area contributed by atoms with Gasteiger partial charge in [-0.2, -0.15) is 0 Å². The number of hydrogen-bond acceptors (Lipinski definition) is 3. The topological polar surface area (TPSA) is 49.6 Å². The number of nitrogens with two attached hydrogens (primary N) is 1. The summed E-state index contributed by atoms with van der Waals surface area (Å²) in [5.74, 6) is 0.544. The van der Waals surface area contributed by atoms with Gasteiger partial charge >= 0.3 is 0 Å². The van der Waals surface area contributed by atoms with Crippen LogP contribution in [0.2, 0.25) is 0 Å².